The van der Waals surface area contributed by atoms with Gasteiger partial charge in [-0.15, -0.1) is 0 Å². The van der Waals surface area contributed by atoms with Crippen LogP contribution in [0.2, 0.25) is 0 Å². The van der Waals surface area contributed by atoms with Crippen molar-refractivity contribution in [2.45, 2.75) is 0 Å². The first-order valence-electron chi connectivity index (χ1n) is 4.35. The van der Waals surface area contributed by atoms with Crippen molar-refractivity contribution in [3.05, 3.63) is 41.7 Å². The number of hydrogen-bond donors (Lipinski definition) is 2. The van der Waals surface area contributed by atoms with Crippen LogP contribution in [0.5, 0.6) is 0 Å². The van der Waals surface area contributed by atoms with Crippen LogP contribution in [0.15, 0.2) is 29.6 Å². The molecule has 0 spiro atoms. The highest BCUT2D eigenvalue weighted by molar-refractivity contribution is 6.06. The Balaban J connectivity index is 2.87. The Morgan fingerprint density at radius 1 is 1.31 bits per heavy atom. The Bertz CT molecular complexity index is 584. The van der Waals surface area contributed by atoms with Crippen LogP contribution in [0.1, 0.15) is 5.69 Å². The number of nitrogens with two attached hydrogens (primary N) is 1. The van der Waals surface area contributed by atoms with Gasteiger partial charge in [0.1, 0.15) is 17.3 Å². The average Bonchev–Trinajstić information content (AvgIpc) is 2.27. The number of halogens is 2. The van der Waals surface area contributed by atoms with Crippen LogP contribution in [0.4, 0.5) is 8.78 Å². The first kappa shape index (κ1) is 10.3. The lowest BCUT2D eigenvalue weighted by molar-refractivity contribution is 0.318. The molecule has 0 atom stereocenters. The van der Waals surface area contributed by atoms with Gasteiger partial charge in [-0.1, -0.05) is 5.16 Å². The van der Waals surface area contributed by atoms with Crippen molar-refractivity contribution in [3.63, 3.8) is 0 Å². The summed E-state index contributed by atoms with van der Waals surface area (Å²) in [6.07, 6.45) is 1.30. The maximum Gasteiger partial charge on any atom is 0.189 e. The van der Waals surface area contributed by atoms with E-state index >= 15 is 0 Å². The highest BCUT2D eigenvalue weighted by Crippen LogP contribution is 2.21. The van der Waals surface area contributed by atoms with Crippen molar-refractivity contribution in [2.75, 3.05) is 0 Å². The normalized spacial score (nSPS) is 12.0. The quantitative estimate of drug-likeness (QED) is 0.334. The van der Waals surface area contributed by atoms with Crippen LogP contribution in [0, 0.1) is 11.6 Å². The molecule has 0 radical (unpaired) electrons. The summed E-state index contributed by atoms with van der Waals surface area (Å²) in [5.41, 5.74) is 5.39. The zero-order chi connectivity index (χ0) is 11.7. The van der Waals surface area contributed by atoms with Crippen molar-refractivity contribution in [3.8, 4) is 0 Å². The summed E-state index contributed by atoms with van der Waals surface area (Å²) in [7, 11) is 0. The number of benzene rings is 1. The Morgan fingerprint density at radius 2 is 2.06 bits per heavy atom. The number of nitrogens with zero attached hydrogens (tertiary/aromatic N) is 2. The van der Waals surface area contributed by atoms with Gasteiger partial charge in [0.15, 0.2) is 5.84 Å². The smallest absolute Gasteiger partial charge is 0.189 e. The standard InChI is InChI=1S/C10H7F2N3O/c11-5-3-7-6(8(12)4-5)1-2-14-9(7)10(13)15-16/h1-4,16H,(H2,13,15). The van der Waals surface area contributed by atoms with Crippen LogP contribution in [-0.2, 0) is 0 Å². The molecule has 6 heteroatoms. The third-order valence-electron chi connectivity index (χ3n) is 2.14. The van der Waals surface area contributed by atoms with E-state index in [1.54, 1.807) is 0 Å². The molecule has 0 aliphatic heterocycles. The Labute approximate surface area is 89.0 Å². The summed E-state index contributed by atoms with van der Waals surface area (Å²) < 4.78 is 26.4. The number of rotatable bonds is 1. The highest BCUT2D eigenvalue weighted by Gasteiger charge is 2.11. The molecular formula is C10H7F2N3O. The molecule has 1 heterocycles. The second-order valence-corrected chi connectivity index (χ2v) is 3.13. The predicted octanol–water partition coefficient (Wildman–Crippen LogP) is 1.61. The molecule has 0 amide bonds. The van der Waals surface area contributed by atoms with Gasteiger partial charge in [-0.25, -0.2) is 8.78 Å². The van der Waals surface area contributed by atoms with E-state index in [0.717, 1.165) is 12.1 Å². The SMILES string of the molecule is NC(=NO)c1nccc2c(F)cc(F)cc12. The maximum absolute atomic E-state index is 13.4. The van der Waals surface area contributed by atoms with Crippen LogP contribution in [-0.4, -0.2) is 16.0 Å². The van der Waals surface area contributed by atoms with E-state index in [1.807, 2.05) is 0 Å². The minimum atomic E-state index is -0.745. The number of fused-ring (bicyclic) bond motifs is 1. The monoisotopic (exact) mass is 223 g/mol. The zero-order valence-electron chi connectivity index (χ0n) is 7.98. The highest BCUT2D eigenvalue weighted by atomic mass is 19.1. The Morgan fingerprint density at radius 3 is 2.75 bits per heavy atom. The van der Waals surface area contributed by atoms with Gasteiger partial charge in [0, 0.05) is 23.0 Å². The summed E-state index contributed by atoms with van der Waals surface area (Å²) in [5.74, 6) is -1.76. The fourth-order valence-corrected chi connectivity index (χ4v) is 1.46. The molecule has 0 bridgehead atoms. The summed E-state index contributed by atoms with van der Waals surface area (Å²) in [5, 5.41) is 11.6. The minimum absolute atomic E-state index is 0.0402. The van der Waals surface area contributed by atoms with Gasteiger partial charge in [-0.2, -0.15) is 0 Å². The third kappa shape index (κ3) is 1.54. The second-order valence-electron chi connectivity index (χ2n) is 3.13. The minimum Gasteiger partial charge on any atom is -0.409 e. The number of oxime groups is 1. The van der Waals surface area contributed by atoms with E-state index in [0.29, 0.717) is 0 Å². The molecule has 0 unspecified atom stereocenters. The van der Waals surface area contributed by atoms with Gasteiger partial charge >= 0.3 is 0 Å². The first-order chi connectivity index (χ1) is 7.63. The van der Waals surface area contributed by atoms with Crippen LogP contribution in [0.3, 0.4) is 0 Å². The van der Waals surface area contributed by atoms with Gasteiger partial charge in [-0.05, 0) is 12.1 Å². The van der Waals surface area contributed by atoms with Crippen molar-refractivity contribution >= 4 is 16.6 Å². The molecule has 0 fully saturated rings. The number of hydrogen-bond acceptors (Lipinski definition) is 3. The summed E-state index contributed by atoms with van der Waals surface area (Å²) in [6.45, 7) is 0. The average molecular weight is 223 g/mol. The van der Waals surface area contributed by atoms with Gasteiger partial charge < -0.3 is 10.9 Å². The molecule has 2 aromatic rings. The van der Waals surface area contributed by atoms with Crippen LogP contribution >= 0.6 is 0 Å². The van der Waals surface area contributed by atoms with Crippen LogP contribution in [0.25, 0.3) is 10.8 Å². The van der Waals surface area contributed by atoms with Gasteiger partial charge in [0.05, 0.1) is 0 Å². The first-order valence-corrected chi connectivity index (χ1v) is 4.35. The van der Waals surface area contributed by atoms with Crippen molar-refractivity contribution < 1.29 is 14.0 Å². The molecule has 0 saturated heterocycles. The molecule has 4 nitrogen and oxygen atoms in total. The molecule has 1 aromatic carbocycles. The number of amidine groups is 1. The summed E-state index contributed by atoms with van der Waals surface area (Å²) >= 11 is 0. The van der Waals surface area contributed by atoms with E-state index in [4.69, 9.17) is 10.9 Å². The van der Waals surface area contributed by atoms with E-state index in [2.05, 4.69) is 10.1 Å². The number of pyridine rings is 1. The summed E-state index contributed by atoms with van der Waals surface area (Å²) in [4.78, 5) is 3.81. The lowest BCUT2D eigenvalue weighted by atomic mass is 10.1. The van der Waals surface area contributed by atoms with E-state index in [1.165, 1.54) is 12.3 Å². The van der Waals surface area contributed by atoms with Crippen molar-refractivity contribution in [1.82, 2.24) is 4.98 Å². The fraction of sp³-hybridized carbons (Fsp3) is 0. The molecule has 0 saturated carbocycles. The van der Waals surface area contributed by atoms with Crippen molar-refractivity contribution in [1.29, 1.82) is 0 Å². The largest absolute Gasteiger partial charge is 0.409 e. The lowest BCUT2D eigenvalue weighted by Gasteiger charge is -2.04. The zero-order valence-corrected chi connectivity index (χ0v) is 7.98. The molecule has 1 aromatic heterocycles. The Hall–Kier alpha value is -2.24. The maximum atomic E-state index is 13.4. The second kappa shape index (κ2) is 3.73. The summed E-state index contributed by atoms with van der Waals surface area (Å²) in [6, 6.07) is 3.23. The van der Waals surface area contributed by atoms with E-state index in [9.17, 15) is 8.78 Å². The molecule has 2 rings (SSSR count). The predicted molar refractivity (Wildman–Crippen MR) is 54.2 cm³/mol. The third-order valence-corrected chi connectivity index (χ3v) is 2.14. The Kier molecular flexibility index (Phi) is 2.40. The van der Waals surface area contributed by atoms with Crippen LogP contribution < -0.4 is 5.73 Å². The topological polar surface area (TPSA) is 71.5 Å². The number of aromatic nitrogens is 1. The van der Waals surface area contributed by atoms with Crippen molar-refractivity contribution in [2.24, 2.45) is 10.9 Å². The van der Waals surface area contributed by atoms with Gasteiger partial charge in [0.2, 0.25) is 0 Å². The molecule has 0 aliphatic carbocycles. The molecule has 16 heavy (non-hydrogen) atoms. The van der Waals surface area contributed by atoms with Gasteiger partial charge in [-0.3, -0.25) is 4.98 Å². The lowest BCUT2D eigenvalue weighted by Crippen LogP contribution is -2.15. The molecule has 3 N–H and O–H groups in total. The molecule has 82 valence electrons. The van der Waals surface area contributed by atoms with E-state index in [-0.39, 0.29) is 22.3 Å². The van der Waals surface area contributed by atoms with E-state index < -0.39 is 11.6 Å². The van der Waals surface area contributed by atoms with Gasteiger partial charge in [0.25, 0.3) is 0 Å². The molecule has 0 aliphatic rings. The molecular weight excluding hydrogens is 216 g/mol. The fourth-order valence-electron chi connectivity index (χ4n) is 1.46.